The number of hydrogen-bond acceptors (Lipinski definition) is 6. The SMILES string of the molecule is NCc1ccc(OCc2cccc(COCc3ccc(COCc4cccc(COc5ccc(CN)cc5)c4)cc3)c2)cc1. The molecule has 5 rings (SSSR count). The zero-order valence-electron chi connectivity index (χ0n) is 25.0. The van der Waals surface area contributed by atoms with Gasteiger partial charge in [0.25, 0.3) is 0 Å². The van der Waals surface area contributed by atoms with Gasteiger partial charge in [0.05, 0.1) is 26.4 Å². The second-order valence-electron chi connectivity index (χ2n) is 10.7. The van der Waals surface area contributed by atoms with Crippen LogP contribution in [0.3, 0.4) is 0 Å². The highest BCUT2D eigenvalue weighted by Crippen LogP contribution is 2.17. The van der Waals surface area contributed by atoms with E-state index in [9.17, 15) is 0 Å². The summed E-state index contributed by atoms with van der Waals surface area (Å²) < 4.78 is 23.8. The van der Waals surface area contributed by atoms with Gasteiger partial charge in [0.15, 0.2) is 0 Å². The molecule has 226 valence electrons. The van der Waals surface area contributed by atoms with Crippen LogP contribution in [0.15, 0.2) is 121 Å². The average Bonchev–Trinajstić information content (AvgIpc) is 3.08. The van der Waals surface area contributed by atoms with E-state index in [-0.39, 0.29) is 0 Å². The third kappa shape index (κ3) is 9.79. The maximum Gasteiger partial charge on any atom is 0.119 e. The Balaban J connectivity index is 1.01. The molecule has 0 atom stereocenters. The molecule has 0 spiro atoms. The summed E-state index contributed by atoms with van der Waals surface area (Å²) in [7, 11) is 0. The third-order valence-corrected chi connectivity index (χ3v) is 7.21. The van der Waals surface area contributed by atoms with Crippen molar-refractivity contribution in [2.24, 2.45) is 11.5 Å². The molecule has 44 heavy (non-hydrogen) atoms. The molecule has 0 aliphatic heterocycles. The van der Waals surface area contributed by atoms with Gasteiger partial charge < -0.3 is 30.4 Å². The van der Waals surface area contributed by atoms with Gasteiger partial charge in [-0.1, -0.05) is 97.1 Å². The molecule has 0 saturated heterocycles. The first-order chi connectivity index (χ1) is 21.7. The van der Waals surface area contributed by atoms with Crippen LogP contribution < -0.4 is 20.9 Å². The average molecular weight is 589 g/mol. The van der Waals surface area contributed by atoms with Crippen LogP contribution in [-0.2, 0) is 62.2 Å². The molecule has 0 radical (unpaired) electrons. The van der Waals surface area contributed by atoms with Crippen LogP contribution in [0.4, 0.5) is 0 Å². The van der Waals surface area contributed by atoms with Crippen LogP contribution >= 0.6 is 0 Å². The third-order valence-electron chi connectivity index (χ3n) is 7.21. The van der Waals surface area contributed by atoms with Crippen molar-refractivity contribution in [1.29, 1.82) is 0 Å². The van der Waals surface area contributed by atoms with E-state index >= 15 is 0 Å². The Labute approximate surface area is 260 Å². The van der Waals surface area contributed by atoms with Crippen LogP contribution in [0.5, 0.6) is 11.5 Å². The summed E-state index contributed by atoms with van der Waals surface area (Å²) >= 11 is 0. The van der Waals surface area contributed by atoms with E-state index < -0.39 is 0 Å². The first kappa shape index (κ1) is 31.0. The van der Waals surface area contributed by atoms with Gasteiger partial charge in [-0.05, 0) is 68.8 Å². The molecule has 0 unspecified atom stereocenters. The Morgan fingerprint density at radius 1 is 0.341 bits per heavy atom. The first-order valence-corrected chi connectivity index (χ1v) is 14.9. The van der Waals surface area contributed by atoms with Gasteiger partial charge in [-0.15, -0.1) is 0 Å². The van der Waals surface area contributed by atoms with Crippen LogP contribution in [-0.4, -0.2) is 0 Å². The summed E-state index contributed by atoms with van der Waals surface area (Å²) in [4.78, 5) is 0. The molecule has 0 aliphatic carbocycles. The molecule has 0 amide bonds. The molecule has 4 N–H and O–H groups in total. The maximum absolute atomic E-state index is 6.00. The lowest BCUT2D eigenvalue weighted by Crippen LogP contribution is -2.00. The Hall–Kier alpha value is -4.46. The maximum atomic E-state index is 6.00. The minimum atomic E-state index is 0.504. The van der Waals surface area contributed by atoms with E-state index in [1.165, 1.54) is 0 Å². The van der Waals surface area contributed by atoms with Crippen LogP contribution in [0.1, 0.15) is 44.5 Å². The molecule has 6 nitrogen and oxygen atoms in total. The van der Waals surface area contributed by atoms with Gasteiger partial charge in [0.1, 0.15) is 24.7 Å². The highest BCUT2D eigenvalue weighted by Gasteiger charge is 2.03. The molecule has 0 saturated carbocycles. The fourth-order valence-corrected chi connectivity index (χ4v) is 4.70. The quantitative estimate of drug-likeness (QED) is 0.127. The van der Waals surface area contributed by atoms with Crippen LogP contribution in [0.2, 0.25) is 0 Å². The van der Waals surface area contributed by atoms with Crippen molar-refractivity contribution in [2.75, 3.05) is 0 Å². The number of rotatable bonds is 16. The van der Waals surface area contributed by atoms with Crippen LogP contribution in [0.25, 0.3) is 0 Å². The predicted octanol–water partition coefficient (Wildman–Crippen LogP) is 7.20. The largest absolute Gasteiger partial charge is 0.489 e. The smallest absolute Gasteiger partial charge is 0.119 e. The molecule has 0 fully saturated rings. The summed E-state index contributed by atoms with van der Waals surface area (Å²) in [5, 5.41) is 0. The fourth-order valence-electron chi connectivity index (χ4n) is 4.70. The van der Waals surface area contributed by atoms with Crippen LogP contribution in [0, 0.1) is 0 Å². The first-order valence-electron chi connectivity index (χ1n) is 14.9. The topological polar surface area (TPSA) is 89.0 Å². The van der Waals surface area contributed by atoms with E-state index in [1.807, 2.05) is 60.7 Å². The fraction of sp³-hybridized carbons (Fsp3) is 0.211. The van der Waals surface area contributed by atoms with Gasteiger partial charge in [0.2, 0.25) is 0 Å². The Bertz CT molecular complexity index is 1450. The molecule has 5 aromatic carbocycles. The zero-order chi connectivity index (χ0) is 30.4. The Morgan fingerprint density at radius 3 is 1.02 bits per heavy atom. The van der Waals surface area contributed by atoms with Gasteiger partial charge in [0, 0.05) is 13.1 Å². The monoisotopic (exact) mass is 588 g/mol. The van der Waals surface area contributed by atoms with Crippen molar-refractivity contribution in [3.8, 4) is 11.5 Å². The summed E-state index contributed by atoms with van der Waals surface area (Å²) in [5.74, 6) is 1.66. The summed E-state index contributed by atoms with van der Waals surface area (Å²) in [5.41, 5.74) is 20.2. The van der Waals surface area contributed by atoms with Crippen molar-refractivity contribution >= 4 is 0 Å². The highest BCUT2D eigenvalue weighted by molar-refractivity contribution is 5.30. The van der Waals surface area contributed by atoms with E-state index in [0.717, 1.165) is 56.0 Å². The lowest BCUT2D eigenvalue weighted by Gasteiger charge is -2.10. The van der Waals surface area contributed by atoms with Crippen molar-refractivity contribution in [3.05, 3.63) is 166 Å². The molecule has 0 aromatic heterocycles. The second-order valence-corrected chi connectivity index (χ2v) is 10.7. The molecule has 5 aromatic rings. The Kier molecular flexibility index (Phi) is 11.6. The number of ether oxygens (including phenoxy) is 4. The minimum absolute atomic E-state index is 0.504. The summed E-state index contributed by atoms with van der Waals surface area (Å²) in [6.07, 6.45) is 0. The molecular formula is C38H40N2O4. The van der Waals surface area contributed by atoms with Gasteiger partial charge in [-0.25, -0.2) is 0 Å². The van der Waals surface area contributed by atoms with Crippen molar-refractivity contribution in [1.82, 2.24) is 0 Å². The molecular weight excluding hydrogens is 548 g/mol. The molecule has 0 heterocycles. The summed E-state index contributed by atoms with van der Waals surface area (Å²) in [6.45, 7) is 4.22. The second kappa shape index (κ2) is 16.4. The van der Waals surface area contributed by atoms with Gasteiger partial charge in [-0.2, -0.15) is 0 Å². The zero-order valence-corrected chi connectivity index (χ0v) is 25.0. The van der Waals surface area contributed by atoms with Gasteiger partial charge in [-0.3, -0.25) is 0 Å². The predicted molar refractivity (Wildman–Crippen MR) is 174 cm³/mol. The van der Waals surface area contributed by atoms with Crippen molar-refractivity contribution < 1.29 is 18.9 Å². The lowest BCUT2D eigenvalue weighted by atomic mass is 10.1. The molecule has 0 bridgehead atoms. The highest BCUT2D eigenvalue weighted by atomic mass is 16.5. The molecule has 6 heteroatoms. The van der Waals surface area contributed by atoms with E-state index in [2.05, 4.69) is 60.7 Å². The van der Waals surface area contributed by atoms with Crippen molar-refractivity contribution in [2.45, 2.75) is 52.7 Å². The van der Waals surface area contributed by atoms with E-state index in [0.29, 0.717) is 52.7 Å². The number of hydrogen-bond donors (Lipinski definition) is 2. The minimum Gasteiger partial charge on any atom is -0.489 e. The van der Waals surface area contributed by atoms with Crippen molar-refractivity contribution in [3.63, 3.8) is 0 Å². The van der Waals surface area contributed by atoms with Gasteiger partial charge >= 0.3 is 0 Å². The standard InChI is InChI=1S/C38H40N2O4/c39-21-29-11-15-37(16-12-29)43-27-35-5-1-3-33(19-35)25-41-23-31-7-9-32(10-8-31)24-42-26-34-4-2-6-36(20-34)28-44-38-17-13-30(22-40)14-18-38/h1-20H,21-28,39-40H2. The normalized spacial score (nSPS) is 11.0. The molecule has 0 aliphatic rings. The number of nitrogens with two attached hydrogens (primary N) is 2. The lowest BCUT2D eigenvalue weighted by molar-refractivity contribution is 0.105. The van der Waals surface area contributed by atoms with E-state index in [1.54, 1.807) is 0 Å². The van der Waals surface area contributed by atoms with E-state index in [4.69, 9.17) is 30.4 Å². The summed E-state index contributed by atoms with van der Waals surface area (Å²) in [6, 6.07) is 40.7. The number of benzene rings is 5. The Morgan fingerprint density at radius 2 is 0.659 bits per heavy atom.